The van der Waals surface area contributed by atoms with E-state index < -0.39 is 28.6 Å². The summed E-state index contributed by atoms with van der Waals surface area (Å²) in [6.45, 7) is 3.02. The number of para-hydroxylation sites is 2. The third-order valence-corrected chi connectivity index (χ3v) is 6.85. The van der Waals surface area contributed by atoms with Crippen molar-refractivity contribution in [1.82, 2.24) is 4.31 Å². The van der Waals surface area contributed by atoms with Gasteiger partial charge in [-0.2, -0.15) is 4.31 Å². The van der Waals surface area contributed by atoms with Gasteiger partial charge in [0.1, 0.15) is 11.5 Å². The van der Waals surface area contributed by atoms with Gasteiger partial charge in [0, 0.05) is 13.1 Å². The summed E-state index contributed by atoms with van der Waals surface area (Å²) in [5, 5.41) is 5.39. The van der Waals surface area contributed by atoms with E-state index >= 15 is 0 Å². The standard InChI is InChI=1S/C21H25N3O6S/c1-5-16-21(26)23-15-10-13(2)19(11-18(15)30-16)31(27,28)24(3)12-20(25)22-14-8-6-7-9-17(14)29-4/h6-11,16H,5,12H2,1-4H3,(H,22,25)(H,23,26)/t16-/m0/s1. The van der Waals surface area contributed by atoms with Crippen LogP contribution in [0.5, 0.6) is 11.5 Å². The molecule has 2 aromatic rings. The number of carbonyl (C=O) groups is 2. The number of hydrogen-bond acceptors (Lipinski definition) is 6. The van der Waals surface area contributed by atoms with Crippen LogP contribution in [0.4, 0.5) is 11.4 Å². The fourth-order valence-electron chi connectivity index (χ4n) is 3.22. The number of benzene rings is 2. The van der Waals surface area contributed by atoms with Crippen molar-refractivity contribution in [3.63, 3.8) is 0 Å². The van der Waals surface area contributed by atoms with Crippen molar-refractivity contribution < 1.29 is 27.5 Å². The second-order valence-electron chi connectivity index (χ2n) is 7.13. The number of nitrogens with one attached hydrogen (secondary N) is 2. The zero-order chi connectivity index (χ0) is 22.8. The molecule has 0 saturated carbocycles. The summed E-state index contributed by atoms with van der Waals surface area (Å²) in [5.74, 6) is -0.0325. The van der Waals surface area contributed by atoms with E-state index in [-0.39, 0.29) is 16.6 Å². The van der Waals surface area contributed by atoms with Crippen molar-refractivity contribution in [1.29, 1.82) is 0 Å². The SMILES string of the molecule is CC[C@@H]1Oc2cc(S(=O)(=O)N(C)CC(=O)Nc3ccccc3OC)c(C)cc2NC1=O. The second-order valence-corrected chi connectivity index (χ2v) is 9.14. The van der Waals surface area contributed by atoms with Crippen LogP contribution in [0.25, 0.3) is 0 Å². The summed E-state index contributed by atoms with van der Waals surface area (Å²) in [4.78, 5) is 24.5. The van der Waals surface area contributed by atoms with E-state index in [2.05, 4.69) is 10.6 Å². The van der Waals surface area contributed by atoms with Crippen LogP contribution in [0.15, 0.2) is 41.3 Å². The third kappa shape index (κ3) is 4.64. The van der Waals surface area contributed by atoms with Crippen LogP contribution in [-0.2, 0) is 19.6 Å². The van der Waals surface area contributed by atoms with E-state index in [1.807, 2.05) is 0 Å². The van der Waals surface area contributed by atoms with Crippen LogP contribution >= 0.6 is 0 Å². The Morgan fingerprint density at radius 2 is 2.00 bits per heavy atom. The molecule has 166 valence electrons. The Labute approximate surface area is 181 Å². The van der Waals surface area contributed by atoms with E-state index in [0.29, 0.717) is 29.1 Å². The van der Waals surface area contributed by atoms with E-state index in [0.717, 1.165) is 4.31 Å². The highest BCUT2D eigenvalue weighted by Gasteiger charge is 2.31. The van der Waals surface area contributed by atoms with Gasteiger partial charge in [0.25, 0.3) is 5.91 Å². The first-order chi connectivity index (χ1) is 14.7. The molecule has 31 heavy (non-hydrogen) atoms. The van der Waals surface area contributed by atoms with Crippen LogP contribution < -0.4 is 20.1 Å². The summed E-state index contributed by atoms with van der Waals surface area (Å²) >= 11 is 0. The lowest BCUT2D eigenvalue weighted by Gasteiger charge is -2.27. The van der Waals surface area contributed by atoms with E-state index in [1.54, 1.807) is 44.2 Å². The van der Waals surface area contributed by atoms with Crippen molar-refractivity contribution in [2.24, 2.45) is 0 Å². The number of hydrogen-bond donors (Lipinski definition) is 2. The summed E-state index contributed by atoms with van der Waals surface area (Å²) in [6, 6.07) is 9.78. The van der Waals surface area contributed by atoms with Gasteiger partial charge in [0.2, 0.25) is 15.9 Å². The zero-order valence-electron chi connectivity index (χ0n) is 17.8. The molecule has 3 rings (SSSR count). The summed E-state index contributed by atoms with van der Waals surface area (Å²) in [7, 11) is -1.19. The lowest BCUT2D eigenvalue weighted by molar-refractivity contribution is -0.123. The number of nitrogens with zero attached hydrogens (tertiary/aromatic N) is 1. The first-order valence-electron chi connectivity index (χ1n) is 9.68. The minimum Gasteiger partial charge on any atom is -0.495 e. The largest absolute Gasteiger partial charge is 0.495 e. The van der Waals surface area contributed by atoms with Gasteiger partial charge in [-0.15, -0.1) is 0 Å². The number of methoxy groups -OCH3 is 1. The van der Waals surface area contributed by atoms with Gasteiger partial charge in [-0.1, -0.05) is 19.1 Å². The number of likely N-dealkylation sites (N-methyl/N-ethyl adjacent to an activating group) is 1. The molecule has 1 atom stereocenters. The number of aryl methyl sites for hydroxylation is 1. The Morgan fingerprint density at radius 3 is 2.68 bits per heavy atom. The van der Waals surface area contributed by atoms with Crippen LogP contribution in [0.2, 0.25) is 0 Å². The highest BCUT2D eigenvalue weighted by atomic mass is 32.2. The maximum atomic E-state index is 13.1. The van der Waals surface area contributed by atoms with Crippen LogP contribution in [-0.4, -0.2) is 51.3 Å². The fourth-order valence-corrected chi connectivity index (χ4v) is 4.57. The van der Waals surface area contributed by atoms with Gasteiger partial charge in [0.15, 0.2) is 6.10 Å². The highest BCUT2D eigenvalue weighted by molar-refractivity contribution is 7.89. The maximum Gasteiger partial charge on any atom is 0.265 e. The number of ether oxygens (including phenoxy) is 2. The number of anilines is 2. The molecule has 2 aromatic carbocycles. The van der Waals surface area contributed by atoms with Crippen molar-refractivity contribution >= 4 is 33.2 Å². The molecule has 1 heterocycles. The molecule has 0 bridgehead atoms. The van der Waals surface area contributed by atoms with E-state index in [4.69, 9.17) is 9.47 Å². The molecule has 0 spiro atoms. The fraction of sp³-hybridized carbons (Fsp3) is 0.333. The first kappa shape index (κ1) is 22.6. The summed E-state index contributed by atoms with van der Waals surface area (Å²) in [5.41, 5.74) is 1.29. The Hall–Kier alpha value is -3.11. The molecule has 9 nitrogen and oxygen atoms in total. The second kappa shape index (κ2) is 8.94. The summed E-state index contributed by atoms with van der Waals surface area (Å²) in [6.07, 6.45) is -0.236. The Kier molecular flexibility index (Phi) is 6.51. The lowest BCUT2D eigenvalue weighted by atomic mass is 10.1. The Bertz CT molecular complexity index is 1120. The van der Waals surface area contributed by atoms with Gasteiger partial charge >= 0.3 is 0 Å². The van der Waals surface area contributed by atoms with Gasteiger partial charge in [-0.05, 0) is 37.1 Å². The Morgan fingerprint density at radius 1 is 1.29 bits per heavy atom. The Balaban J connectivity index is 1.81. The molecule has 0 saturated heterocycles. The van der Waals surface area contributed by atoms with Crippen LogP contribution in [0.3, 0.4) is 0 Å². The molecule has 2 N–H and O–H groups in total. The molecule has 1 aliphatic rings. The van der Waals surface area contributed by atoms with Gasteiger partial charge in [-0.3, -0.25) is 9.59 Å². The number of sulfonamides is 1. The number of amides is 2. The maximum absolute atomic E-state index is 13.1. The third-order valence-electron chi connectivity index (χ3n) is 4.90. The van der Waals surface area contributed by atoms with Crippen molar-refractivity contribution in [3.8, 4) is 11.5 Å². The van der Waals surface area contributed by atoms with Crippen LogP contribution in [0, 0.1) is 6.92 Å². The summed E-state index contributed by atoms with van der Waals surface area (Å²) < 4.78 is 38.1. The smallest absolute Gasteiger partial charge is 0.265 e. The molecule has 0 radical (unpaired) electrons. The molecule has 0 fully saturated rings. The monoisotopic (exact) mass is 447 g/mol. The number of carbonyl (C=O) groups excluding carboxylic acids is 2. The molecule has 0 aliphatic carbocycles. The number of rotatable bonds is 7. The normalized spacial score (nSPS) is 15.6. The molecule has 2 amide bonds. The average molecular weight is 448 g/mol. The van der Waals surface area contributed by atoms with Crippen LogP contribution in [0.1, 0.15) is 18.9 Å². The molecular weight excluding hydrogens is 422 g/mol. The molecule has 1 aliphatic heterocycles. The van der Waals surface area contributed by atoms with Gasteiger partial charge in [0.05, 0.1) is 29.9 Å². The van der Waals surface area contributed by atoms with E-state index in [9.17, 15) is 18.0 Å². The van der Waals surface area contributed by atoms with Gasteiger partial charge in [-0.25, -0.2) is 8.42 Å². The minimum absolute atomic E-state index is 0.00448. The van der Waals surface area contributed by atoms with Gasteiger partial charge < -0.3 is 20.1 Å². The zero-order valence-corrected chi connectivity index (χ0v) is 18.6. The van der Waals surface area contributed by atoms with Crippen molar-refractivity contribution in [2.75, 3.05) is 31.3 Å². The first-order valence-corrected chi connectivity index (χ1v) is 11.1. The minimum atomic E-state index is -4.00. The number of fused-ring (bicyclic) bond motifs is 1. The molecule has 10 heteroatoms. The average Bonchev–Trinajstić information content (AvgIpc) is 2.73. The molecular formula is C21H25N3O6S. The van der Waals surface area contributed by atoms with Crippen molar-refractivity contribution in [3.05, 3.63) is 42.0 Å². The predicted octanol–water partition coefficient (Wildman–Crippen LogP) is 2.37. The molecule has 0 aromatic heterocycles. The van der Waals surface area contributed by atoms with E-state index in [1.165, 1.54) is 20.2 Å². The predicted molar refractivity (Wildman–Crippen MR) is 116 cm³/mol. The lowest BCUT2D eigenvalue weighted by Crippen LogP contribution is -2.37. The quantitative estimate of drug-likeness (QED) is 0.674. The van der Waals surface area contributed by atoms with Crippen molar-refractivity contribution in [2.45, 2.75) is 31.3 Å². The molecule has 0 unspecified atom stereocenters. The highest BCUT2D eigenvalue weighted by Crippen LogP contribution is 2.35. The topological polar surface area (TPSA) is 114 Å².